The molecule has 2 rings (SSSR count). The largest absolute Gasteiger partial charge is 0.419 e. The lowest BCUT2D eigenvalue weighted by atomic mass is 10.1. The molecule has 0 bridgehead atoms. The molecule has 120 valence electrons. The molecular weight excluding hydrogens is 342 g/mol. The van der Waals surface area contributed by atoms with Crippen molar-refractivity contribution in [2.45, 2.75) is 17.8 Å². The third-order valence-corrected chi connectivity index (χ3v) is 4.26. The van der Waals surface area contributed by atoms with Crippen LogP contribution >= 0.6 is 23.4 Å². The van der Waals surface area contributed by atoms with Gasteiger partial charge >= 0.3 is 6.18 Å². The number of hydrogen-bond acceptors (Lipinski definition) is 3. The highest BCUT2D eigenvalue weighted by molar-refractivity contribution is 7.99. The summed E-state index contributed by atoms with van der Waals surface area (Å²) in [5.41, 5.74) is -1.54. The number of thioether (sulfide) groups is 1. The minimum atomic E-state index is -4.75. The molecule has 0 N–H and O–H groups in total. The van der Waals surface area contributed by atoms with E-state index < -0.39 is 17.6 Å². The fourth-order valence-electron chi connectivity index (χ4n) is 1.82. The number of aromatic nitrogens is 3. The normalized spacial score (nSPS) is 11.9. The molecule has 0 aliphatic carbocycles. The maximum Gasteiger partial charge on any atom is 0.419 e. The lowest BCUT2D eigenvalue weighted by Crippen LogP contribution is -2.09. The highest BCUT2D eigenvalue weighted by atomic mass is 35.5. The predicted molar refractivity (Wildman–Crippen MR) is 77.5 cm³/mol. The van der Waals surface area contributed by atoms with Gasteiger partial charge in [-0.3, -0.25) is 0 Å². The molecule has 2 aromatic rings. The molecule has 0 aliphatic heterocycles. The predicted octanol–water partition coefficient (Wildman–Crippen LogP) is 4.36. The number of hydrogen-bond donors (Lipinski definition) is 0. The summed E-state index contributed by atoms with van der Waals surface area (Å²) in [4.78, 5) is 0. The molecule has 1 heterocycles. The van der Waals surface area contributed by atoms with Crippen molar-refractivity contribution in [1.29, 1.82) is 0 Å². The van der Waals surface area contributed by atoms with Gasteiger partial charge in [-0.1, -0.05) is 17.8 Å². The van der Waals surface area contributed by atoms with Gasteiger partial charge in [-0.2, -0.15) is 13.2 Å². The molecule has 0 atom stereocenters. The maximum atomic E-state index is 14.1. The molecule has 0 unspecified atom stereocenters. The molecule has 0 amide bonds. The second-order valence-electron chi connectivity index (χ2n) is 4.42. The summed E-state index contributed by atoms with van der Waals surface area (Å²) in [5.74, 6) is -0.0969. The summed E-state index contributed by atoms with van der Waals surface area (Å²) in [7, 11) is 1.58. The van der Waals surface area contributed by atoms with Crippen LogP contribution in [0.1, 0.15) is 12.0 Å². The van der Waals surface area contributed by atoms with Crippen LogP contribution in [0, 0.1) is 5.82 Å². The molecule has 0 spiro atoms. The van der Waals surface area contributed by atoms with Crippen molar-refractivity contribution in [3.8, 4) is 11.4 Å². The summed E-state index contributed by atoms with van der Waals surface area (Å²) in [6.45, 7) is 0. The first-order chi connectivity index (χ1) is 10.4. The summed E-state index contributed by atoms with van der Waals surface area (Å²) in [6, 6.07) is 3.10. The molecule has 0 fully saturated rings. The van der Waals surface area contributed by atoms with Crippen molar-refractivity contribution in [1.82, 2.24) is 14.8 Å². The van der Waals surface area contributed by atoms with Gasteiger partial charge in [0, 0.05) is 18.7 Å². The molecule has 0 saturated heterocycles. The zero-order valence-corrected chi connectivity index (χ0v) is 13.1. The van der Waals surface area contributed by atoms with Gasteiger partial charge in [0.25, 0.3) is 0 Å². The quantitative estimate of drug-likeness (QED) is 0.346. The van der Waals surface area contributed by atoms with E-state index in [2.05, 4.69) is 10.2 Å². The van der Waals surface area contributed by atoms with E-state index in [1.807, 2.05) is 0 Å². The van der Waals surface area contributed by atoms with Gasteiger partial charge in [0.15, 0.2) is 11.0 Å². The van der Waals surface area contributed by atoms with Gasteiger partial charge in [0.05, 0.1) is 11.1 Å². The van der Waals surface area contributed by atoms with E-state index in [0.29, 0.717) is 22.9 Å². The van der Waals surface area contributed by atoms with E-state index in [1.54, 1.807) is 7.05 Å². The van der Waals surface area contributed by atoms with Gasteiger partial charge in [-0.05, 0) is 18.6 Å². The van der Waals surface area contributed by atoms with Crippen LogP contribution in [0.25, 0.3) is 11.4 Å². The number of rotatable bonds is 5. The summed E-state index contributed by atoms with van der Waals surface area (Å²) < 4.78 is 53.9. The van der Waals surface area contributed by atoms with E-state index in [4.69, 9.17) is 11.6 Å². The Hall–Kier alpha value is -1.28. The Bertz CT molecular complexity index is 657. The average molecular weight is 354 g/mol. The lowest BCUT2D eigenvalue weighted by Gasteiger charge is -2.11. The smallest absolute Gasteiger partial charge is 0.305 e. The van der Waals surface area contributed by atoms with Gasteiger partial charge in [0.1, 0.15) is 5.82 Å². The van der Waals surface area contributed by atoms with Gasteiger partial charge < -0.3 is 4.57 Å². The van der Waals surface area contributed by atoms with Crippen molar-refractivity contribution >= 4 is 23.4 Å². The average Bonchev–Trinajstić information content (AvgIpc) is 2.80. The van der Waals surface area contributed by atoms with E-state index in [0.717, 1.165) is 12.5 Å². The SMILES string of the molecule is Cn1c(SCCCCl)nnc1-c1cccc(C(F)(F)F)c1F. The minimum absolute atomic E-state index is 0.0528. The highest BCUT2D eigenvalue weighted by Gasteiger charge is 2.35. The van der Waals surface area contributed by atoms with Crippen molar-refractivity contribution in [2.75, 3.05) is 11.6 Å². The zero-order valence-electron chi connectivity index (χ0n) is 11.5. The van der Waals surface area contributed by atoms with E-state index in [1.165, 1.54) is 22.4 Å². The summed E-state index contributed by atoms with van der Waals surface area (Å²) in [5, 5.41) is 8.18. The van der Waals surface area contributed by atoms with E-state index in [9.17, 15) is 17.6 Å². The Balaban J connectivity index is 2.37. The first kappa shape index (κ1) is 17.1. The molecule has 1 aromatic heterocycles. The molecular formula is C13H12ClF4N3S. The van der Waals surface area contributed by atoms with Crippen LogP contribution in [0.2, 0.25) is 0 Å². The van der Waals surface area contributed by atoms with E-state index in [-0.39, 0.29) is 11.4 Å². The van der Waals surface area contributed by atoms with Crippen molar-refractivity contribution < 1.29 is 17.6 Å². The Kier molecular flexibility index (Phi) is 5.33. The van der Waals surface area contributed by atoms with Crippen LogP contribution in [-0.2, 0) is 13.2 Å². The topological polar surface area (TPSA) is 30.7 Å². The molecule has 0 saturated carbocycles. The maximum absolute atomic E-state index is 14.1. The Morgan fingerprint density at radius 3 is 2.64 bits per heavy atom. The number of nitrogens with zero attached hydrogens (tertiary/aromatic N) is 3. The third kappa shape index (κ3) is 3.55. The molecule has 1 aromatic carbocycles. The van der Waals surface area contributed by atoms with E-state index >= 15 is 0 Å². The zero-order chi connectivity index (χ0) is 16.3. The van der Waals surface area contributed by atoms with Crippen LogP contribution in [0.4, 0.5) is 17.6 Å². The Labute approximate surface area is 133 Å². The fraction of sp³-hybridized carbons (Fsp3) is 0.385. The number of alkyl halides is 4. The minimum Gasteiger partial charge on any atom is -0.305 e. The van der Waals surface area contributed by atoms with Crippen LogP contribution in [-0.4, -0.2) is 26.4 Å². The molecule has 0 radical (unpaired) electrons. The number of halogens is 5. The van der Waals surface area contributed by atoms with Crippen LogP contribution < -0.4 is 0 Å². The second kappa shape index (κ2) is 6.87. The Morgan fingerprint density at radius 1 is 1.27 bits per heavy atom. The van der Waals surface area contributed by atoms with Crippen LogP contribution in [0.3, 0.4) is 0 Å². The van der Waals surface area contributed by atoms with Gasteiger partial charge in [-0.25, -0.2) is 4.39 Å². The summed E-state index contributed by atoms with van der Waals surface area (Å²) >= 11 is 6.94. The lowest BCUT2D eigenvalue weighted by molar-refractivity contribution is -0.139. The van der Waals surface area contributed by atoms with Crippen LogP contribution in [0.15, 0.2) is 23.4 Å². The van der Waals surface area contributed by atoms with Crippen molar-refractivity contribution in [3.63, 3.8) is 0 Å². The monoisotopic (exact) mass is 353 g/mol. The molecule has 9 heteroatoms. The van der Waals surface area contributed by atoms with Crippen LogP contribution in [0.5, 0.6) is 0 Å². The third-order valence-electron chi connectivity index (χ3n) is 2.89. The van der Waals surface area contributed by atoms with Gasteiger partial charge in [0.2, 0.25) is 0 Å². The fourth-order valence-corrected chi connectivity index (χ4v) is 2.96. The standard InChI is InChI=1S/C13H12ClF4N3S/c1-21-11(19-20-12(21)22-7-3-6-14)8-4-2-5-9(10(8)15)13(16,17)18/h2,4-5H,3,6-7H2,1H3. The second-order valence-corrected chi connectivity index (χ2v) is 5.86. The molecule has 0 aliphatic rings. The Morgan fingerprint density at radius 2 is 2.00 bits per heavy atom. The highest BCUT2D eigenvalue weighted by Crippen LogP contribution is 2.35. The number of benzene rings is 1. The molecule has 3 nitrogen and oxygen atoms in total. The van der Waals surface area contributed by atoms with Gasteiger partial charge in [-0.15, -0.1) is 21.8 Å². The summed E-state index contributed by atoms with van der Waals surface area (Å²) in [6.07, 6.45) is -4.00. The molecule has 22 heavy (non-hydrogen) atoms. The van der Waals surface area contributed by atoms with Crippen molar-refractivity contribution in [3.05, 3.63) is 29.6 Å². The van der Waals surface area contributed by atoms with Crippen molar-refractivity contribution in [2.24, 2.45) is 7.05 Å². The first-order valence-electron chi connectivity index (χ1n) is 6.30. The first-order valence-corrected chi connectivity index (χ1v) is 7.82.